The molecule has 248 valence electrons. The van der Waals surface area contributed by atoms with E-state index >= 15 is 0 Å². The van der Waals surface area contributed by atoms with Gasteiger partial charge in [0.15, 0.2) is 0 Å². The van der Waals surface area contributed by atoms with Crippen LogP contribution in [0.3, 0.4) is 0 Å². The number of esters is 1. The van der Waals surface area contributed by atoms with E-state index in [0.717, 1.165) is 24.1 Å². The van der Waals surface area contributed by atoms with Crippen molar-refractivity contribution < 1.29 is 56.5 Å². The van der Waals surface area contributed by atoms with E-state index in [2.05, 4.69) is 26.7 Å². The molecule has 12 nitrogen and oxygen atoms in total. The summed E-state index contributed by atoms with van der Waals surface area (Å²) in [6, 6.07) is 19.3. The minimum absolute atomic E-state index is 0. The summed E-state index contributed by atoms with van der Waals surface area (Å²) in [5.41, 5.74) is 9.94. The van der Waals surface area contributed by atoms with Crippen LogP contribution in [0, 0.1) is 0 Å². The van der Waals surface area contributed by atoms with Crippen LogP contribution in [-0.4, -0.2) is 49.2 Å². The van der Waals surface area contributed by atoms with E-state index in [1.165, 1.54) is 6.92 Å². The zero-order valence-corrected chi connectivity index (χ0v) is 27.2. The van der Waals surface area contributed by atoms with Crippen LogP contribution in [0.5, 0.6) is 0 Å². The molecule has 0 radical (unpaired) electrons. The van der Waals surface area contributed by atoms with Crippen molar-refractivity contribution in [3.63, 3.8) is 0 Å². The molecular formula is C31H49ClN4O8. The Bertz CT molecular complexity index is 1040. The van der Waals surface area contributed by atoms with Gasteiger partial charge in [0.1, 0.15) is 5.60 Å². The van der Waals surface area contributed by atoms with E-state index in [0.29, 0.717) is 39.2 Å². The van der Waals surface area contributed by atoms with Crippen LogP contribution >= 0.6 is 0 Å². The molecule has 0 atom stereocenters. The molecule has 0 unspecified atom stereocenters. The van der Waals surface area contributed by atoms with Crippen LogP contribution < -0.4 is 34.4 Å². The predicted octanol–water partition coefficient (Wildman–Crippen LogP) is 0.369. The molecule has 6 N–H and O–H groups in total. The fraction of sp³-hybridized carbons (Fsp3) is 0.484. The highest BCUT2D eigenvalue weighted by Crippen LogP contribution is 2.06. The predicted molar refractivity (Wildman–Crippen MR) is 162 cm³/mol. The highest BCUT2D eigenvalue weighted by atomic mass is 35.5. The van der Waals surface area contributed by atoms with Gasteiger partial charge < -0.3 is 32.9 Å². The molecule has 0 aromatic heterocycles. The number of quaternary nitrogens is 1. The van der Waals surface area contributed by atoms with Gasteiger partial charge >= 0.3 is 12.1 Å². The molecule has 0 saturated heterocycles. The zero-order chi connectivity index (χ0) is 32.3. The van der Waals surface area contributed by atoms with Crippen molar-refractivity contribution in [2.45, 2.75) is 79.1 Å². The lowest BCUT2D eigenvalue weighted by Gasteiger charge is -2.19. The van der Waals surface area contributed by atoms with Gasteiger partial charge in [-0.25, -0.2) is 15.8 Å². The summed E-state index contributed by atoms with van der Waals surface area (Å²) in [4.78, 5) is 54.0. The van der Waals surface area contributed by atoms with E-state index in [1.54, 1.807) is 27.7 Å². The maximum atomic E-state index is 11.5. The van der Waals surface area contributed by atoms with Crippen LogP contribution in [-0.2, 0) is 46.7 Å². The Labute approximate surface area is 267 Å². The van der Waals surface area contributed by atoms with Gasteiger partial charge in [-0.3, -0.25) is 24.1 Å². The molecule has 0 spiro atoms. The average Bonchev–Trinajstić information content (AvgIpc) is 2.95. The molecule has 0 fully saturated rings. The number of hydrogen-bond acceptors (Lipinski definition) is 8. The Morgan fingerprint density at radius 2 is 1.23 bits per heavy atom. The molecule has 0 aliphatic carbocycles. The lowest BCUT2D eigenvalue weighted by molar-refractivity contribution is -0.368. The maximum Gasteiger partial charge on any atom is 0.407 e. The fourth-order valence-corrected chi connectivity index (χ4v) is 2.89. The van der Waals surface area contributed by atoms with Crippen LogP contribution in [0.25, 0.3) is 0 Å². The van der Waals surface area contributed by atoms with E-state index in [9.17, 15) is 19.2 Å². The highest BCUT2D eigenvalue weighted by molar-refractivity contribution is 5.75. The van der Waals surface area contributed by atoms with Crippen molar-refractivity contribution >= 4 is 23.9 Å². The fourth-order valence-electron chi connectivity index (χ4n) is 2.89. The monoisotopic (exact) mass is 640 g/mol. The summed E-state index contributed by atoms with van der Waals surface area (Å²) in [5.74, 6) is -0.519. The summed E-state index contributed by atoms with van der Waals surface area (Å²) < 4.78 is 9.49. The SMILES string of the molecule is CC(C)(C)OC(=O)NCCCC(=O)NOCc1ccccc1.CCOC(C)=O.[Cl-].[NH3+]CCCC(=O)NOCc1ccccc1. The first-order valence-corrected chi connectivity index (χ1v) is 14.2. The highest BCUT2D eigenvalue weighted by Gasteiger charge is 2.15. The quantitative estimate of drug-likeness (QED) is 0.130. The Hall–Kier alpha value is -3.71. The van der Waals surface area contributed by atoms with Crippen molar-refractivity contribution in [1.29, 1.82) is 0 Å². The van der Waals surface area contributed by atoms with E-state index in [1.807, 2.05) is 60.7 Å². The molecule has 0 saturated carbocycles. The first-order valence-electron chi connectivity index (χ1n) is 14.2. The number of carbonyl (C=O) groups excluding carboxylic acids is 4. The minimum Gasteiger partial charge on any atom is -1.00 e. The Morgan fingerprint density at radius 1 is 0.773 bits per heavy atom. The molecule has 2 rings (SSSR count). The maximum absolute atomic E-state index is 11.5. The summed E-state index contributed by atoms with van der Waals surface area (Å²) in [6.07, 6.45) is 1.57. The lowest BCUT2D eigenvalue weighted by Crippen LogP contribution is -3.00. The molecule has 2 aromatic carbocycles. The molecule has 0 aliphatic heterocycles. The standard InChI is InChI=1S/C16H24N2O4.C11H16N2O2.C4H8O2.ClH/c1-16(2,3)22-15(20)17-11-7-10-14(19)18-21-12-13-8-5-4-6-9-13;12-8-4-7-11(14)13-15-9-10-5-2-1-3-6-10;1-3-6-4(2)5;/h4-6,8-9H,7,10-12H2,1-3H3,(H,17,20)(H,18,19);1-3,5-6H,4,7-9,12H2,(H,13,14);3H2,1-2H3;1H. The van der Waals surface area contributed by atoms with Gasteiger partial charge in [-0.2, -0.15) is 0 Å². The van der Waals surface area contributed by atoms with Gasteiger partial charge in [-0.1, -0.05) is 60.7 Å². The number of ether oxygens (including phenoxy) is 2. The first-order chi connectivity index (χ1) is 20.5. The molecule has 3 amide bonds. The number of rotatable bonds is 14. The normalized spacial score (nSPS) is 9.86. The third kappa shape index (κ3) is 28.4. The van der Waals surface area contributed by atoms with E-state index in [4.69, 9.17) is 14.4 Å². The Balaban J connectivity index is 0. The molecule has 2 aromatic rings. The molecule has 44 heavy (non-hydrogen) atoms. The number of benzene rings is 2. The van der Waals surface area contributed by atoms with Crippen LogP contribution in [0.4, 0.5) is 4.79 Å². The van der Waals surface area contributed by atoms with Gasteiger partial charge in [-0.05, 0) is 45.2 Å². The van der Waals surface area contributed by atoms with Gasteiger partial charge in [-0.15, -0.1) is 0 Å². The molecule has 13 heteroatoms. The number of alkyl carbamates (subject to hydrolysis) is 1. The summed E-state index contributed by atoms with van der Waals surface area (Å²) >= 11 is 0. The van der Waals surface area contributed by atoms with Crippen molar-refractivity contribution in [1.82, 2.24) is 16.3 Å². The number of halogens is 1. The van der Waals surface area contributed by atoms with E-state index in [-0.39, 0.29) is 36.6 Å². The van der Waals surface area contributed by atoms with Gasteiger partial charge in [0.2, 0.25) is 11.8 Å². The van der Waals surface area contributed by atoms with Crippen LogP contribution in [0.1, 0.15) is 71.4 Å². The Morgan fingerprint density at radius 3 is 1.59 bits per heavy atom. The molecule has 0 aliphatic rings. The average molecular weight is 641 g/mol. The Kier molecular flexibility index (Phi) is 25.9. The lowest BCUT2D eigenvalue weighted by atomic mass is 10.2. The minimum atomic E-state index is -0.521. The zero-order valence-electron chi connectivity index (χ0n) is 26.5. The van der Waals surface area contributed by atoms with Gasteiger partial charge in [0, 0.05) is 32.7 Å². The third-order valence-electron chi connectivity index (χ3n) is 4.79. The van der Waals surface area contributed by atoms with Crippen molar-refractivity contribution in [2.75, 3.05) is 19.7 Å². The summed E-state index contributed by atoms with van der Waals surface area (Å²) in [6.45, 7) is 10.9. The van der Waals surface area contributed by atoms with Crippen molar-refractivity contribution in [3.05, 3.63) is 71.8 Å². The number of amides is 3. The second-order valence-electron chi connectivity index (χ2n) is 10.0. The third-order valence-corrected chi connectivity index (χ3v) is 4.79. The topological polar surface area (TPSA) is 169 Å². The smallest absolute Gasteiger partial charge is 0.407 e. The molecular weight excluding hydrogens is 592 g/mol. The first kappa shape index (κ1) is 42.4. The van der Waals surface area contributed by atoms with E-state index < -0.39 is 11.7 Å². The number of hydroxylamine groups is 2. The summed E-state index contributed by atoms with van der Waals surface area (Å²) in [7, 11) is 0. The van der Waals surface area contributed by atoms with Crippen molar-refractivity contribution in [2.24, 2.45) is 0 Å². The second kappa shape index (κ2) is 26.9. The summed E-state index contributed by atoms with van der Waals surface area (Å²) in [5, 5.41) is 2.59. The second-order valence-corrected chi connectivity index (χ2v) is 10.0. The number of nitrogens with one attached hydrogen (secondary N) is 3. The van der Waals surface area contributed by atoms with Gasteiger partial charge in [0.05, 0.1) is 26.4 Å². The van der Waals surface area contributed by atoms with Gasteiger partial charge in [0.25, 0.3) is 0 Å². The van der Waals surface area contributed by atoms with Crippen molar-refractivity contribution in [3.8, 4) is 0 Å². The number of carbonyl (C=O) groups is 4. The largest absolute Gasteiger partial charge is 1.00 e. The number of hydrogen-bond donors (Lipinski definition) is 4. The molecule has 0 heterocycles. The van der Waals surface area contributed by atoms with Crippen LogP contribution in [0.2, 0.25) is 0 Å². The van der Waals surface area contributed by atoms with Crippen LogP contribution in [0.15, 0.2) is 60.7 Å². The molecule has 0 bridgehead atoms.